The van der Waals surface area contributed by atoms with Crippen molar-refractivity contribution in [3.05, 3.63) is 64.7 Å². The lowest BCUT2D eigenvalue weighted by atomic mass is 10.1. The fourth-order valence-corrected chi connectivity index (χ4v) is 5.44. The number of piperidine rings is 1. The SMILES string of the molecule is Cc1ccc(C)c(N([C@H](C)C(=O)NCc2ccc(CN3CCCCC3)cc2)S(C)(=O)=O)c1. The predicted molar refractivity (Wildman–Crippen MR) is 130 cm³/mol. The molecule has 3 rings (SSSR count). The van der Waals surface area contributed by atoms with Crippen LogP contribution in [0.15, 0.2) is 42.5 Å². The van der Waals surface area contributed by atoms with Crippen molar-refractivity contribution in [3.63, 3.8) is 0 Å². The Morgan fingerprint density at radius 1 is 1.03 bits per heavy atom. The molecule has 0 aromatic heterocycles. The highest BCUT2D eigenvalue weighted by molar-refractivity contribution is 7.92. The standard InChI is InChI=1S/C25H35N3O3S/c1-19-8-9-20(2)24(16-19)28(32(4,30)31)21(3)25(29)26-17-22-10-12-23(13-11-22)18-27-14-6-5-7-15-27/h8-13,16,21H,5-7,14-15,17-18H2,1-4H3,(H,26,29)/t21-/m1/s1. The van der Waals surface area contributed by atoms with Crippen LogP contribution in [0.2, 0.25) is 0 Å². The summed E-state index contributed by atoms with van der Waals surface area (Å²) in [4.78, 5) is 15.4. The number of benzene rings is 2. The average Bonchev–Trinajstić information content (AvgIpc) is 2.75. The molecule has 0 unspecified atom stereocenters. The van der Waals surface area contributed by atoms with Gasteiger partial charge in [-0.2, -0.15) is 0 Å². The van der Waals surface area contributed by atoms with Gasteiger partial charge in [0.05, 0.1) is 11.9 Å². The molecule has 6 nitrogen and oxygen atoms in total. The molecule has 32 heavy (non-hydrogen) atoms. The third kappa shape index (κ3) is 6.33. The number of amides is 1. The molecular weight excluding hydrogens is 422 g/mol. The molecule has 0 bridgehead atoms. The maximum absolute atomic E-state index is 12.9. The van der Waals surface area contributed by atoms with Crippen molar-refractivity contribution in [2.45, 2.75) is 59.2 Å². The van der Waals surface area contributed by atoms with Gasteiger partial charge in [-0.3, -0.25) is 14.0 Å². The first-order valence-corrected chi connectivity index (χ1v) is 13.1. The van der Waals surface area contributed by atoms with Crippen LogP contribution in [0.5, 0.6) is 0 Å². The lowest BCUT2D eigenvalue weighted by molar-refractivity contribution is -0.122. The van der Waals surface area contributed by atoms with Crippen LogP contribution in [-0.2, 0) is 27.9 Å². The van der Waals surface area contributed by atoms with Crippen LogP contribution in [0.3, 0.4) is 0 Å². The van der Waals surface area contributed by atoms with Crippen molar-refractivity contribution in [3.8, 4) is 0 Å². The molecule has 174 valence electrons. The minimum Gasteiger partial charge on any atom is -0.350 e. The van der Waals surface area contributed by atoms with Crippen molar-refractivity contribution < 1.29 is 13.2 Å². The molecule has 0 aliphatic carbocycles. The molecule has 1 fully saturated rings. The summed E-state index contributed by atoms with van der Waals surface area (Å²) in [6, 6.07) is 13.0. The summed E-state index contributed by atoms with van der Waals surface area (Å²) in [5, 5.41) is 2.90. The van der Waals surface area contributed by atoms with E-state index >= 15 is 0 Å². The summed E-state index contributed by atoms with van der Waals surface area (Å²) < 4.78 is 26.3. The Balaban J connectivity index is 1.64. The van der Waals surface area contributed by atoms with E-state index in [0.29, 0.717) is 12.2 Å². The summed E-state index contributed by atoms with van der Waals surface area (Å²) in [5.41, 5.74) is 4.55. The summed E-state index contributed by atoms with van der Waals surface area (Å²) in [7, 11) is -3.64. The first-order valence-electron chi connectivity index (χ1n) is 11.3. The van der Waals surface area contributed by atoms with Gasteiger partial charge in [-0.25, -0.2) is 8.42 Å². The van der Waals surface area contributed by atoms with Crippen LogP contribution in [0.4, 0.5) is 5.69 Å². The van der Waals surface area contributed by atoms with E-state index in [1.165, 1.54) is 29.1 Å². The lowest BCUT2D eigenvalue weighted by Crippen LogP contribution is -2.48. The van der Waals surface area contributed by atoms with Crippen LogP contribution in [0, 0.1) is 13.8 Å². The number of likely N-dealkylation sites (tertiary alicyclic amines) is 1. The van der Waals surface area contributed by atoms with Crippen molar-refractivity contribution in [2.75, 3.05) is 23.7 Å². The molecule has 1 amide bonds. The Morgan fingerprint density at radius 2 is 1.66 bits per heavy atom. The number of sulfonamides is 1. The van der Waals surface area contributed by atoms with Crippen LogP contribution in [0.1, 0.15) is 48.4 Å². The first kappa shape index (κ1) is 24.3. The highest BCUT2D eigenvalue weighted by Crippen LogP contribution is 2.26. The van der Waals surface area contributed by atoms with Gasteiger partial charge in [0.25, 0.3) is 0 Å². The molecule has 2 aromatic carbocycles. The maximum Gasteiger partial charge on any atom is 0.243 e. The van der Waals surface area contributed by atoms with E-state index in [-0.39, 0.29) is 5.91 Å². The van der Waals surface area contributed by atoms with E-state index in [0.717, 1.165) is 42.6 Å². The summed E-state index contributed by atoms with van der Waals surface area (Å²) in [5.74, 6) is -0.325. The second kappa shape index (κ2) is 10.5. The Hall–Kier alpha value is -2.38. The molecule has 0 saturated carbocycles. The summed E-state index contributed by atoms with van der Waals surface area (Å²) >= 11 is 0. The van der Waals surface area contributed by atoms with Crippen molar-refractivity contribution in [1.29, 1.82) is 0 Å². The predicted octanol–water partition coefficient (Wildman–Crippen LogP) is 3.76. The average molecular weight is 458 g/mol. The molecule has 0 spiro atoms. The third-order valence-electron chi connectivity index (χ3n) is 6.04. The molecule has 2 aromatic rings. The van der Waals surface area contributed by atoms with Gasteiger partial charge >= 0.3 is 0 Å². The number of anilines is 1. The molecule has 1 atom stereocenters. The van der Waals surface area contributed by atoms with E-state index in [1.807, 2.05) is 38.1 Å². The Morgan fingerprint density at radius 3 is 2.28 bits per heavy atom. The quantitative estimate of drug-likeness (QED) is 0.655. The number of carbonyl (C=O) groups excluding carboxylic acids is 1. The van der Waals surface area contributed by atoms with Crippen LogP contribution >= 0.6 is 0 Å². The molecule has 0 radical (unpaired) electrons. The molecule has 1 saturated heterocycles. The Labute approximate surface area is 192 Å². The lowest BCUT2D eigenvalue weighted by Gasteiger charge is -2.29. The second-order valence-electron chi connectivity index (χ2n) is 8.90. The zero-order chi connectivity index (χ0) is 23.3. The number of rotatable bonds is 8. The van der Waals surface area contributed by atoms with E-state index in [4.69, 9.17) is 0 Å². The molecule has 7 heteroatoms. The minimum absolute atomic E-state index is 0.325. The van der Waals surface area contributed by atoms with Gasteiger partial charge in [-0.05, 0) is 75.0 Å². The smallest absolute Gasteiger partial charge is 0.243 e. The topological polar surface area (TPSA) is 69.7 Å². The second-order valence-corrected chi connectivity index (χ2v) is 10.8. The van der Waals surface area contributed by atoms with E-state index in [9.17, 15) is 13.2 Å². The van der Waals surface area contributed by atoms with Gasteiger partial charge in [-0.15, -0.1) is 0 Å². The zero-order valence-corrected chi connectivity index (χ0v) is 20.4. The van der Waals surface area contributed by atoms with E-state index in [1.54, 1.807) is 13.0 Å². The van der Waals surface area contributed by atoms with Crippen molar-refractivity contribution in [1.82, 2.24) is 10.2 Å². The number of hydrogen-bond acceptors (Lipinski definition) is 4. The van der Waals surface area contributed by atoms with Crippen molar-refractivity contribution >= 4 is 21.6 Å². The molecule has 1 heterocycles. The van der Waals surface area contributed by atoms with Crippen LogP contribution < -0.4 is 9.62 Å². The van der Waals surface area contributed by atoms with E-state index < -0.39 is 16.1 Å². The molecule has 1 N–H and O–H groups in total. The summed E-state index contributed by atoms with van der Waals surface area (Å²) in [6.45, 7) is 9.02. The largest absolute Gasteiger partial charge is 0.350 e. The molecular formula is C25H35N3O3S. The fraction of sp³-hybridized carbons (Fsp3) is 0.480. The Kier molecular flexibility index (Phi) is 7.96. The van der Waals surface area contributed by atoms with E-state index in [2.05, 4.69) is 22.3 Å². The molecule has 1 aliphatic heterocycles. The molecule has 1 aliphatic rings. The zero-order valence-electron chi connectivity index (χ0n) is 19.6. The summed E-state index contributed by atoms with van der Waals surface area (Å²) in [6.07, 6.45) is 5.01. The monoisotopic (exact) mass is 457 g/mol. The number of hydrogen-bond donors (Lipinski definition) is 1. The first-order chi connectivity index (χ1) is 15.1. The van der Waals surface area contributed by atoms with Crippen LogP contribution in [0.25, 0.3) is 0 Å². The van der Waals surface area contributed by atoms with Gasteiger partial charge in [0.1, 0.15) is 6.04 Å². The number of carbonyl (C=O) groups is 1. The maximum atomic E-state index is 12.9. The fourth-order valence-electron chi connectivity index (χ4n) is 4.21. The van der Waals surface area contributed by atoms with Gasteiger partial charge in [0.15, 0.2) is 0 Å². The van der Waals surface area contributed by atoms with Crippen LogP contribution in [-0.4, -0.2) is 44.6 Å². The van der Waals surface area contributed by atoms with Gasteiger partial charge in [0.2, 0.25) is 15.9 Å². The van der Waals surface area contributed by atoms with Crippen molar-refractivity contribution in [2.24, 2.45) is 0 Å². The van der Waals surface area contributed by atoms with Gasteiger partial charge in [-0.1, -0.05) is 42.8 Å². The normalized spacial score (nSPS) is 15.9. The third-order valence-corrected chi connectivity index (χ3v) is 7.26. The highest BCUT2D eigenvalue weighted by Gasteiger charge is 2.30. The number of aryl methyl sites for hydroxylation is 2. The van der Waals surface area contributed by atoms with Gasteiger partial charge in [0, 0.05) is 13.1 Å². The number of nitrogens with zero attached hydrogens (tertiary/aromatic N) is 2. The Bertz CT molecular complexity index is 1030. The highest BCUT2D eigenvalue weighted by atomic mass is 32.2. The minimum atomic E-state index is -3.64. The number of nitrogens with one attached hydrogen (secondary N) is 1. The van der Waals surface area contributed by atoms with Gasteiger partial charge < -0.3 is 5.32 Å².